The first-order valence-electron chi connectivity index (χ1n) is 4.83. The van der Waals surface area contributed by atoms with Gasteiger partial charge in [-0.2, -0.15) is 0 Å². The van der Waals surface area contributed by atoms with Gasteiger partial charge in [0.1, 0.15) is 5.01 Å². The summed E-state index contributed by atoms with van der Waals surface area (Å²) in [4.78, 5) is 4.36. The number of nitrogens with zero attached hydrogens (tertiary/aromatic N) is 1. The molecule has 0 unspecified atom stereocenters. The monoisotopic (exact) mass is 219 g/mol. The molecule has 1 N–H and O–H groups in total. The summed E-state index contributed by atoms with van der Waals surface area (Å²) in [5.74, 6) is 0. The number of benzene rings is 1. The van der Waals surface area contributed by atoms with Crippen LogP contribution in [0.15, 0.2) is 23.6 Å². The van der Waals surface area contributed by atoms with Crippen molar-refractivity contribution in [3.8, 4) is 11.3 Å². The van der Waals surface area contributed by atoms with E-state index in [9.17, 15) is 0 Å². The highest BCUT2D eigenvalue weighted by Crippen LogP contribution is 2.25. The highest BCUT2D eigenvalue weighted by Gasteiger charge is 2.06. The molecule has 0 spiro atoms. The van der Waals surface area contributed by atoms with Gasteiger partial charge >= 0.3 is 0 Å². The molecule has 0 aliphatic carbocycles. The van der Waals surface area contributed by atoms with Crippen LogP contribution in [0.25, 0.3) is 11.3 Å². The molecule has 0 atom stereocenters. The van der Waals surface area contributed by atoms with Crippen LogP contribution < -0.4 is 0 Å². The van der Waals surface area contributed by atoms with E-state index >= 15 is 0 Å². The number of aromatic nitrogens is 1. The van der Waals surface area contributed by atoms with Gasteiger partial charge in [0.2, 0.25) is 0 Å². The molecule has 0 bridgehead atoms. The summed E-state index contributed by atoms with van der Waals surface area (Å²) in [6, 6.07) is 6.31. The number of hydrogen-bond acceptors (Lipinski definition) is 3. The lowest BCUT2D eigenvalue weighted by Crippen LogP contribution is -1.86. The van der Waals surface area contributed by atoms with Crippen molar-refractivity contribution in [1.82, 2.24) is 4.98 Å². The van der Waals surface area contributed by atoms with Gasteiger partial charge in [-0.1, -0.05) is 23.8 Å². The predicted molar refractivity (Wildman–Crippen MR) is 62.9 cm³/mol. The van der Waals surface area contributed by atoms with E-state index in [1.165, 1.54) is 22.5 Å². The predicted octanol–water partition coefficient (Wildman–Crippen LogP) is 2.92. The molecule has 0 amide bonds. The van der Waals surface area contributed by atoms with E-state index in [1.54, 1.807) is 0 Å². The standard InChI is InChI=1S/C12H13NOS/c1-8-3-4-10(9(2)5-8)11-7-15-12(6-14)13-11/h3-5,7,14H,6H2,1-2H3. The van der Waals surface area contributed by atoms with E-state index < -0.39 is 0 Å². The number of aryl methyl sites for hydroxylation is 2. The maximum atomic E-state index is 8.96. The molecule has 1 aromatic heterocycles. The van der Waals surface area contributed by atoms with Crippen molar-refractivity contribution in [2.45, 2.75) is 20.5 Å². The first-order valence-corrected chi connectivity index (χ1v) is 5.71. The smallest absolute Gasteiger partial charge is 0.119 e. The SMILES string of the molecule is Cc1ccc(-c2csc(CO)n2)c(C)c1. The van der Waals surface area contributed by atoms with Crippen LogP contribution in [-0.2, 0) is 6.61 Å². The number of rotatable bonds is 2. The molecule has 0 fully saturated rings. The van der Waals surface area contributed by atoms with E-state index in [-0.39, 0.29) is 6.61 Å². The molecule has 0 saturated carbocycles. The molecule has 2 rings (SSSR count). The van der Waals surface area contributed by atoms with Gasteiger partial charge in [-0.25, -0.2) is 4.98 Å². The Labute approximate surface area is 93.2 Å². The molecule has 2 aromatic rings. The maximum absolute atomic E-state index is 8.96. The Balaban J connectivity index is 2.44. The topological polar surface area (TPSA) is 33.1 Å². The average Bonchev–Trinajstić information content (AvgIpc) is 2.66. The molecular weight excluding hydrogens is 206 g/mol. The summed E-state index contributed by atoms with van der Waals surface area (Å²) >= 11 is 1.50. The summed E-state index contributed by atoms with van der Waals surface area (Å²) in [7, 11) is 0. The normalized spacial score (nSPS) is 10.6. The van der Waals surface area contributed by atoms with Gasteiger partial charge in [-0.3, -0.25) is 0 Å². The Morgan fingerprint density at radius 2 is 2.13 bits per heavy atom. The Bertz CT molecular complexity index is 476. The minimum atomic E-state index is 0.0234. The molecule has 2 nitrogen and oxygen atoms in total. The first-order chi connectivity index (χ1) is 7.20. The Morgan fingerprint density at radius 3 is 2.73 bits per heavy atom. The van der Waals surface area contributed by atoms with Crippen molar-refractivity contribution < 1.29 is 5.11 Å². The van der Waals surface area contributed by atoms with Gasteiger partial charge in [-0.05, 0) is 19.4 Å². The van der Waals surface area contributed by atoms with Crippen molar-refractivity contribution in [1.29, 1.82) is 0 Å². The second-order valence-electron chi connectivity index (χ2n) is 3.60. The van der Waals surface area contributed by atoms with Crippen LogP contribution in [0.4, 0.5) is 0 Å². The van der Waals surface area contributed by atoms with Gasteiger partial charge in [0.15, 0.2) is 0 Å². The Kier molecular flexibility index (Phi) is 2.84. The second-order valence-corrected chi connectivity index (χ2v) is 4.55. The van der Waals surface area contributed by atoms with Crippen LogP contribution in [0.5, 0.6) is 0 Å². The summed E-state index contributed by atoms with van der Waals surface area (Å²) in [5, 5.41) is 11.7. The van der Waals surface area contributed by atoms with Crippen molar-refractivity contribution >= 4 is 11.3 Å². The molecule has 15 heavy (non-hydrogen) atoms. The van der Waals surface area contributed by atoms with E-state index in [0.29, 0.717) is 0 Å². The lowest BCUT2D eigenvalue weighted by atomic mass is 10.0. The molecule has 3 heteroatoms. The summed E-state index contributed by atoms with van der Waals surface area (Å²) in [6.07, 6.45) is 0. The van der Waals surface area contributed by atoms with Gasteiger partial charge in [-0.15, -0.1) is 11.3 Å². The molecule has 0 aliphatic rings. The second kappa shape index (κ2) is 4.13. The van der Waals surface area contributed by atoms with Gasteiger partial charge in [0, 0.05) is 10.9 Å². The zero-order valence-corrected chi connectivity index (χ0v) is 9.64. The van der Waals surface area contributed by atoms with Crippen LogP contribution in [0.3, 0.4) is 0 Å². The van der Waals surface area contributed by atoms with Crippen LogP contribution in [-0.4, -0.2) is 10.1 Å². The van der Waals surface area contributed by atoms with Crippen LogP contribution in [0.2, 0.25) is 0 Å². The fourth-order valence-electron chi connectivity index (χ4n) is 1.61. The number of hydrogen-bond donors (Lipinski definition) is 1. The lowest BCUT2D eigenvalue weighted by molar-refractivity contribution is 0.281. The van der Waals surface area contributed by atoms with Crippen molar-refractivity contribution in [2.24, 2.45) is 0 Å². The van der Waals surface area contributed by atoms with Gasteiger partial charge < -0.3 is 5.11 Å². The minimum Gasteiger partial charge on any atom is -0.389 e. The van der Waals surface area contributed by atoms with Crippen molar-refractivity contribution in [3.05, 3.63) is 39.7 Å². The molecule has 0 radical (unpaired) electrons. The zero-order valence-electron chi connectivity index (χ0n) is 8.82. The third-order valence-corrected chi connectivity index (χ3v) is 3.18. The van der Waals surface area contributed by atoms with Crippen molar-refractivity contribution in [2.75, 3.05) is 0 Å². The van der Waals surface area contributed by atoms with E-state index in [1.807, 2.05) is 5.38 Å². The highest BCUT2D eigenvalue weighted by molar-refractivity contribution is 7.09. The van der Waals surface area contributed by atoms with Gasteiger partial charge in [0.25, 0.3) is 0 Å². The fraction of sp³-hybridized carbons (Fsp3) is 0.250. The molecule has 1 aromatic carbocycles. The van der Waals surface area contributed by atoms with Crippen LogP contribution in [0, 0.1) is 13.8 Å². The van der Waals surface area contributed by atoms with Crippen molar-refractivity contribution in [3.63, 3.8) is 0 Å². The number of thiazole rings is 1. The Hall–Kier alpha value is -1.19. The largest absolute Gasteiger partial charge is 0.389 e. The summed E-state index contributed by atoms with van der Waals surface area (Å²) in [6.45, 7) is 4.19. The number of aliphatic hydroxyl groups is 1. The summed E-state index contributed by atoms with van der Waals surface area (Å²) in [5.41, 5.74) is 4.59. The number of aliphatic hydroxyl groups excluding tert-OH is 1. The van der Waals surface area contributed by atoms with E-state index in [0.717, 1.165) is 16.3 Å². The van der Waals surface area contributed by atoms with Crippen LogP contribution >= 0.6 is 11.3 Å². The maximum Gasteiger partial charge on any atom is 0.119 e. The highest BCUT2D eigenvalue weighted by atomic mass is 32.1. The molecule has 0 aliphatic heterocycles. The third kappa shape index (κ3) is 2.08. The third-order valence-electron chi connectivity index (χ3n) is 2.34. The molecule has 1 heterocycles. The van der Waals surface area contributed by atoms with E-state index in [4.69, 9.17) is 5.11 Å². The molecule has 0 saturated heterocycles. The van der Waals surface area contributed by atoms with Crippen LogP contribution in [0.1, 0.15) is 16.1 Å². The molecular formula is C12H13NOS. The average molecular weight is 219 g/mol. The lowest BCUT2D eigenvalue weighted by Gasteiger charge is -2.03. The Morgan fingerprint density at radius 1 is 1.33 bits per heavy atom. The quantitative estimate of drug-likeness (QED) is 0.842. The zero-order chi connectivity index (χ0) is 10.8. The minimum absolute atomic E-state index is 0.0234. The molecule has 78 valence electrons. The first kappa shape index (κ1) is 10.3. The summed E-state index contributed by atoms with van der Waals surface area (Å²) < 4.78 is 0. The van der Waals surface area contributed by atoms with Gasteiger partial charge in [0.05, 0.1) is 12.3 Å². The fourth-order valence-corrected chi connectivity index (χ4v) is 2.26. The van der Waals surface area contributed by atoms with E-state index in [2.05, 4.69) is 37.0 Å².